The van der Waals surface area contributed by atoms with Gasteiger partial charge in [-0.3, -0.25) is 4.98 Å². The van der Waals surface area contributed by atoms with E-state index in [1.807, 2.05) is 25.1 Å². The van der Waals surface area contributed by atoms with Crippen molar-refractivity contribution in [1.29, 1.82) is 0 Å². The normalized spacial score (nSPS) is 12.7. The van der Waals surface area contributed by atoms with E-state index in [1.54, 1.807) is 11.3 Å². The number of hydrogen-bond donors (Lipinski definition) is 1. The number of aromatic nitrogens is 1. The van der Waals surface area contributed by atoms with Gasteiger partial charge in [0.15, 0.2) is 0 Å². The second-order valence-corrected chi connectivity index (χ2v) is 6.27. The van der Waals surface area contributed by atoms with Gasteiger partial charge < -0.3 is 5.73 Å². The topological polar surface area (TPSA) is 38.9 Å². The standard InChI is InChI=1S/C12H13BrN2S/c1-8-3-2-4-11(15-8)10(14)7-9-5-6-12(13)16-9/h2-6,10H,7,14H2,1H3. The maximum absolute atomic E-state index is 6.13. The molecule has 2 aromatic heterocycles. The summed E-state index contributed by atoms with van der Waals surface area (Å²) in [5, 5.41) is 0. The first kappa shape index (κ1) is 11.8. The fraction of sp³-hybridized carbons (Fsp3) is 0.250. The van der Waals surface area contributed by atoms with Gasteiger partial charge in [0.2, 0.25) is 0 Å². The summed E-state index contributed by atoms with van der Waals surface area (Å²) in [7, 11) is 0. The van der Waals surface area contributed by atoms with Gasteiger partial charge in [-0.2, -0.15) is 0 Å². The van der Waals surface area contributed by atoms with Crippen molar-refractivity contribution in [2.75, 3.05) is 0 Å². The van der Waals surface area contributed by atoms with Crippen LogP contribution in [0.1, 0.15) is 22.3 Å². The summed E-state index contributed by atoms with van der Waals surface area (Å²) in [6.45, 7) is 1.98. The van der Waals surface area contributed by atoms with E-state index in [-0.39, 0.29) is 6.04 Å². The summed E-state index contributed by atoms with van der Waals surface area (Å²) in [5.41, 5.74) is 8.11. The SMILES string of the molecule is Cc1cccc(C(N)Cc2ccc(Br)s2)n1. The van der Waals surface area contributed by atoms with Crippen LogP contribution in [-0.4, -0.2) is 4.98 Å². The largest absolute Gasteiger partial charge is 0.322 e. The lowest BCUT2D eigenvalue weighted by Gasteiger charge is -2.10. The Balaban J connectivity index is 2.11. The minimum absolute atomic E-state index is 0.0227. The summed E-state index contributed by atoms with van der Waals surface area (Å²) in [4.78, 5) is 5.72. The van der Waals surface area contributed by atoms with Crippen LogP contribution in [0.3, 0.4) is 0 Å². The van der Waals surface area contributed by atoms with E-state index in [4.69, 9.17) is 5.73 Å². The molecule has 0 amide bonds. The maximum Gasteiger partial charge on any atom is 0.0701 e. The minimum atomic E-state index is -0.0227. The second kappa shape index (κ2) is 5.08. The fourth-order valence-electron chi connectivity index (χ4n) is 1.55. The first-order chi connectivity index (χ1) is 7.65. The van der Waals surface area contributed by atoms with Crippen LogP contribution in [0.5, 0.6) is 0 Å². The highest BCUT2D eigenvalue weighted by atomic mass is 79.9. The zero-order valence-corrected chi connectivity index (χ0v) is 11.4. The van der Waals surface area contributed by atoms with Crippen molar-refractivity contribution in [3.05, 3.63) is 50.4 Å². The molecule has 84 valence electrons. The van der Waals surface area contributed by atoms with Crippen molar-refractivity contribution >= 4 is 27.3 Å². The molecule has 0 saturated carbocycles. The highest BCUT2D eigenvalue weighted by Gasteiger charge is 2.09. The molecule has 0 aliphatic carbocycles. The number of rotatable bonds is 3. The Morgan fingerprint density at radius 2 is 2.19 bits per heavy atom. The first-order valence-corrected chi connectivity index (χ1v) is 6.69. The quantitative estimate of drug-likeness (QED) is 0.942. The molecule has 2 N–H and O–H groups in total. The summed E-state index contributed by atoms with van der Waals surface area (Å²) in [6.07, 6.45) is 0.840. The van der Waals surface area contributed by atoms with Crippen molar-refractivity contribution in [1.82, 2.24) is 4.98 Å². The number of thiophene rings is 1. The molecule has 0 spiro atoms. The lowest BCUT2D eigenvalue weighted by atomic mass is 10.1. The van der Waals surface area contributed by atoms with Crippen LogP contribution in [0.25, 0.3) is 0 Å². The number of nitrogens with zero attached hydrogens (tertiary/aromatic N) is 1. The van der Waals surface area contributed by atoms with E-state index < -0.39 is 0 Å². The van der Waals surface area contributed by atoms with E-state index in [1.165, 1.54) is 4.88 Å². The van der Waals surface area contributed by atoms with E-state index in [9.17, 15) is 0 Å². The molecule has 1 unspecified atom stereocenters. The molecule has 0 fully saturated rings. The van der Waals surface area contributed by atoms with Gasteiger partial charge in [0.25, 0.3) is 0 Å². The van der Waals surface area contributed by atoms with Crippen LogP contribution in [0.2, 0.25) is 0 Å². The Morgan fingerprint density at radius 1 is 1.38 bits per heavy atom. The third-order valence-corrected chi connectivity index (χ3v) is 3.99. The summed E-state index contributed by atoms with van der Waals surface area (Å²) < 4.78 is 1.15. The third kappa shape index (κ3) is 2.90. The molecule has 0 aliphatic rings. The van der Waals surface area contributed by atoms with Crippen molar-refractivity contribution in [2.24, 2.45) is 5.73 Å². The summed E-state index contributed by atoms with van der Waals surface area (Å²) >= 11 is 5.18. The average Bonchev–Trinajstić information content (AvgIpc) is 2.64. The lowest BCUT2D eigenvalue weighted by molar-refractivity contribution is 0.700. The number of pyridine rings is 1. The zero-order valence-electron chi connectivity index (χ0n) is 8.98. The third-order valence-electron chi connectivity index (χ3n) is 2.34. The highest BCUT2D eigenvalue weighted by Crippen LogP contribution is 2.25. The predicted molar refractivity (Wildman–Crippen MR) is 71.6 cm³/mol. The molecule has 0 bridgehead atoms. The molecule has 2 rings (SSSR count). The van der Waals surface area contributed by atoms with E-state index >= 15 is 0 Å². The summed E-state index contributed by atoms with van der Waals surface area (Å²) in [6, 6.07) is 10.1. The van der Waals surface area contributed by atoms with Crippen LogP contribution in [-0.2, 0) is 6.42 Å². The van der Waals surface area contributed by atoms with E-state index in [0.717, 1.165) is 21.6 Å². The van der Waals surface area contributed by atoms with Crippen molar-refractivity contribution in [3.63, 3.8) is 0 Å². The van der Waals surface area contributed by atoms with Gasteiger partial charge in [-0.15, -0.1) is 11.3 Å². The minimum Gasteiger partial charge on any atom is -0.322 e. The van der Waals surface area contributed by atoms with Crippen LogP contribution in [0, 0.1) is 6.92 Å². The van der Waals surface area contributed by atoms with E-state index in [2.05, 4.69) is 33.0 Å². The monoisotopic (exact) mass is 296 g/mol. The Kier molecular flexibility index (Phi) is 3.74. The first-order valence-electron chi connectivity index (χ1n) is 5.08. The molecule has 0 aromatic carbocycles. The average molecular weight is 297 g/mol. The van der Waals surface area contributed by atoms with Crippen molar-refractivity contribution in [2.45, 2.75) is 19.4 Å². The number of hydrogen-bond acceptors (Lipinski definition) is 3. The van der Waals surface area contributed by atoms with E-state index in [0.29, 0.717) is 0 Å². The molecule has 0 saturated heterocycles. The number of nitrogens with two attached hydrogens (primary N) is 1. The molecular formula is C12H13BrN2S. The van der Waals surface area contributed by atoms with Crippen LogP contribution >= 0.6 is 27.3 Å². The smallest absolute Gasteiger partial charge is 0.0701 e. The second-order valence-electron chi connectivity index (χ2n) is 3.72. The van der Waals surface area contributed by atoms with Gasteiger partial charge in [-0.1, -0.05) is 6.07 Å². The molecule has 2 aromatic rings. The Morgan fingerprint density at radius 3 is 2.81 bits per heavy atom. The van der Waals surface area contributed by atoms with Gasteiger partial charge in [0.1, 0.15) is 0 Å². The molecule has 0 radical (unpaired) electrons. The molecule has 2 heterocycles. The Labute approximate surface area is 108 Å². The molecular weight excluding hydrogens is 284 g/mol. The van der Waals surface area contributed by atoms with Gasteiger partial charge in [0.05, 0.1) is 15.5 Å². The zero-order chi connectivity index (χ0) is 11.5. The predicted octanol–water partition coefficient (Wildman–Crippen LogP) is 3.46. The van der Waals surface area contributed by atoms with Gasteiger partial charge in [-0.05, 0) is 47.1 Å². The van der Waals surface area contributed by atoms with Crippen molar-refractivity contribution < 1.29 is 0 Å². The van der Waals surface area contributed by atoms with Crippen LogP contribution < -0.4 is 5.73 Å². The Bertz CT molecular complexity index is 481. The van der Waals surface area contributed by atoms with Crippen LogP contribution in [0.15, 0.2) is 34.1 Å². The number of aryl methyl sites for hydroxylation is 1. The molecule has 1 atom stereocenters. The van der Waals surface area contributed by atoms with Crippen LogP contribution in [0.4, 0.5) is 0 Å². The summed E-state index contributed by atoms with van der Waals surface area (Å²) in [5.74, 6) is 0. The maximum atomic E-state index is 6.13. The molecule has 16 heavy (non-hydrogen) atoms. The number of halogens is 1. The molecule has 0 aliphatic heterocycles. The Hall–Kier alpha value is -0.710. The fourth-order valence-corrected chi connectivity index (χ4v) is 3.09. The highest BCUT2D eigenvalue weighted by molar-refractivity contribution is 9.11. The van der Waals surface area contributed by atoms with Gasteiger partial charge >= 0.3 is 0 Å². The van der Waals surface area contributed by atoms with Crippen molar-refractivity contribution in [3.8, 4) is 0 Å². The molecule has 2 nitrogen and oxygen atoms in total. The lowest BCUT2D eigenvalue weighted by Crippen LogP contribution is -2.14. The van der Waals surface area contributed by atoms with Gasteiger partial charge in [-0.25, -0.2) is 0 Å². The van der Waals surface area contributed by atoms with Gasteiger partial charge in [0, 0.05) is 17.0 Å². The molecule has 4 heteroatoms.